The molecule has 48 valence electrons. The van der Waals surface area contributed by atoms with Gasteiger partial charge in [-0.25, -0.2) is 4.39 Å². The summed E-state index contributed by atoms with van der Waals surface area (Å²) in [6, 6.07) is -1.72. The van der Waals surface area contributed by atoms with Gasteiger partial charge in [-0.2, -0.15) is 8.60 Å². The molecule has 0 aliphatic carbocycles. The Kier molecular flexibility index (Phi) is 3.29. The molecular weight excluding hydrogens is 142 g/mol. The molecule has 0 fully saturated rings. The lowest BCUT2D eigenvalue weighted by molar-refractivity contribution is 0.285. The first-order valence-electron chi connectivity index (χ1n) is 1.42. The topological polar surface area (TPSA) is 46.5 Å². The first-order valence-corrected chi connectivity index (χ1v) is 2.45. The Labute approximate surface area is 46.4 Å². The average molecular weight is 144 g/mol. The molecule has 0 rings (SSSR count). The number of hydrogen-bond donors (Lipinski definition) is 1. The van der Waals surface area contributed by atoms with Crippen molar-refractivity contribution in [3.63, 3.8) is 0 Å². The summed E-state index contributed by atoms with van der Waals surface area (Å²) in [6.45, 7) is 0. The molecular formula is C2H2F2O3S. The molecule has 1 unspecified atom stereocenters. The van der Waals surface area contributed by atoms with E-state index in [1.807, 2.05) is 0 Å². The zero-order chi connectivity index (χ0) is 6.57. The van der Waals surface area contributed by atoms with Crippen LogP contribution in [-0.2, 0) is 15.5 Å². The quantitative estimate of drug-likeness (QED) is 0.462. The second-order valence-corrected chi connectivity index (χ2v) is 1.31. The molecule has 0 bridgehead atoms. The molecule has 6 heteroatoms. The van der Waals surface area contributed by atoms with Crippen LogP contribution in [0.15, 0.2) is 12.3 Å². The second kappa shape index (κ2) is 3.50. The van der Waals surface area contributed by atoms with E-state index < -0.39 is 23.7 Å². The Hall–Kier alpha value is -0.490. The van der Waals surface area contributed by atoms with Gasteiger partial charge in [-0.05, 0) is 0 Å². The van der Waals surface area contributed by atoms with E-state index in [4.69, 9.17) is 4.55 Å². The summed E-state index contributed by atoms with van der Waals surface area (Å²) in [7, 11) is 0. The van der Waals surface area contributed by atoms with Gasteiger partial charge in [0, 0.05) is 0 Å². The van der Waals surface area contributed by atoms with Gasteiger partial charge < -0.3 is 4.18 Å². The minimum absolute atomic E-state index is 0.561. The lowest BCUT2D eigenvalue weighted by atomic mass is 11.1. The zero-order valence-corrected chi connectivity index (χ0v) is 4.32. The maximum Gasteiger partial charge on any atom is 0.359 e. The van der Waals surface area contributed by atoms with Gasteiger partial charge in [0.15, 0.2) is 6.33 Å². The molecule has 3 nitrogen and oxygen atoms in total. The van der Waals surface area contributed by atoms with Crippen molar-refractivity contribution in [2.45, 2.75) is 0 Å². The Morgan fingerprint density at radius 2 is 2.38 bits per heavy atom. The van der Waals surface area contributed by atoms with Gasteiger partial charge in [-0.1, -0.05) is 0 Å². The predicted molar refractivity (Wildman–Crippen MR) is 22.2 cm³/mol. The van der Waals surface area contributed by atoms with Crippen LogP contribution in [0.2, 0.25) is 0 Å². The van der Waals surface area contributed by atoms with Crippen molar-refractivity contribution < 1.29 is 21.7 Å². The van der Waals surface area contributed by atoms with Crippen LogP contribution >= 0.6 is 0 Å². The van der Waals surface area contributed by atoms with Crippen LogP contribution in [-0.4, -0.2) is 8.76 Å². The van der Waals surface area contributed by atoms with Crippen molar-refractivity contribution >= 4 is 11.4 Å². The molecule has 0 radical (unpaired) electrons. The normalized spacial score (nSPS) is 15.6. The maximum atomic E-state index is 11.3. The van der Waals surface area contributed by atoms with E-state index >= 15 is 0 Å². The fourth-order valence-corrected chi connectivity index (χ4v) is 0.259. The third kappa shape index (κ3) is 3.69. The van der Waals surface area contributed by atoms with Crippen molar-refractivity contribution in [2.24, 2.45) is 0 Å². The molecule has 0 amide bonds. The molecule has 1 N–H and O–H groups in total. The van der Waals surface area contributed by atoms with Gasteiger partial charge in [-0.3, -0.25) is 4.55 Å². The molecule has 0 heterocycles. The number of rotatable bonds is 2. The van der Waals surface area contributed by atoms with Gasteiger partial charge in [0.1, 0.15) is 0 Å². The van der Waals surface area contributed by atoms with Gasteiger partial charge >= 0.3 is 17.4 Å². The molecule has 0 aliphatic rings. The largest absolute Gasteiger partial charge is 0.359 e. The minimum Gasteiger partial charge on any atom is -0.347 e. The third-order valence-corrected chi connectivity index (χ3v) is 0.538. The highest BCUT2D eigenvalue weighted by Crippen LogP contribution is 1.99. The van der Waals surface area contributed by atoms with E-state index in [2.05, 4.69) is 4.18 Å². The highest BCUT2D eigenvalue weighted by molar-refractivity contribution is 7.74. The van der Waals surface area contributed by atoms with E-state index in [-0.39, 0.29) is 0 Å². The van der Waals surface area contributed by atoms with E-state index in [1.54, 1.807) is 0 Å². The molecule has 8 heavy (non-hydrogen) atoms. The van der Waals surface area contributed by atoms with E-state index in [1.165, 1.54) is 0 Å². The first kappa shape index (κ1) is 7.51. The van der Waals surface area contributed by atoms with Crippen LogP contribution in [0.4, 0.5) is 8.78 Å². The molecule has 1 atom stereocenters. The molecule has 0 aromatic carbocycles. The molecule has 0 aromatic rings. The van der Waals surface area contributed by atoms with Gasteiger partial charge in [0.25, 0.3) is 0 Å². The minimum atomic E-state index is -2.78. The Bertz CT molecular complexity index is 122. The molecule has 0 spiro atoms. The summed E-state index contributed by atoms with van der Waals surface area (Å²) in [5.74, 6) is 0. The SMILES string of the molecule is O=S(O)OC(F)=CF. The number of hydrogen-bond acceptors (Lipinski definition) is 2. The van der Waals surface area contributed by atoms with E-state index in [9.17, 15) is 13.0 Å². The number of halogens is 2. The van der Waals surface area contributed by atoms with Gasteiger partial charge in [0.05, 0.1) is 0 Å². The summed E-state index contributed by atoms with van der Waals surface area (Å²) in [5, 5.41) is 0. The first-order chi connectivity index (χ1) is 3.66. The fourth-order valence-electron chi connectivity index (χ4n) is 0.0863. The monoisotopic (exact) mass is 144 g/mol. The lowest BCUT2D eigenvalue weighted by Crippen LogP contribution is -1.89. The van der Waals surface area contributed by atoms with Gasteiger partial charge in [0.2, 0.25) is 0 Å². The Morgan fingerprint density at radius 1 is 1.88 bits per heavy atom. The van der Waals surface area contributed by atoms with Crippen LogP contribution in [0.1, 0.15) is 0 Å². The second-order valence-electron chi connectivity index (χ2n) is 0.714. The molecule has 0 saturated carbocycles. The lowest BCUT2D eigenvalue weighted by Gasteiger charge is -1.88. The summed E-state index contributed by atoms with van der Waals surface area (Å²) in [5.41, 5.74) is 0. The zero-order valence-electron chi connectivity index (χ0n) is 3.51. The summed E-state index contributed by atoms with van der Waals surface area (Å²) >= 11 is -2.78. The molecule has 0 saturated heterocycles. The maximum absolute atomic E-state index is 11.3. The van der Waals surface area contributed by atoms with Crippen LogP contribution in [0.3, 0.4) is 0 Å². The Morgan fingerprint density at radius 3 is 2.50 bits per heavy atom. The fraction of sp³-hybridized carbons (Fsp3) is 0. The van der Waals surface area contributed by atoms with Crippen molar-refractivity contribution in [3.8, 4) is 0 Å². The van der Waals surface area contributed by atoms with E-state index in [0.717, 1.165) is 0 Å². The standard InChI is InChI=1S/C2H2F2O3S/c3-1-2(4)7-8(5)6/h1H,(H,5,6). The van der Waals surface area contributed by atoms with Crippen molar-refractivity contribution in [1.82, 2.24) is 0 Å². The predicted octanol–water partition coefficient (Wildman–Crippen LogP) is 0.878. The van der Waals surface area contributed by atoms with E-state index in [0.29, 0.717) is 0 Å². The van der Waals surface area contributed by atoms with Crippen molar-refractivity contribution in [3.05, 3.63) is 12.3 Å². The van der Waals surface area contributed by atoms with Crippen molar-refractivity contribution in [2.75, 3.05) is 0 Å². The van der Waals surface area contributed by atoms with Crippen molar-refractivity contribution in [1.29, 1.82) is 0 Å². The average Bonchev–Trinajstić information content (AvgIpc) is 1.65. The molecule has 0 aromatic heterocycles. The van der Waals surface area contributed by atoms with Crippen LogP contribution in [0.5, 0.6) is 0 Å². The summed E-state index contributed by atoms with van der Waals surface area (Å²) < 4.78 is 42.4. The summed E-state index contributed by atoms with van der Waals surface area (Å²) in [4.78, 5) is 0. The highest BCUT2D eigenvalue weighted by atomic mass is 32.2. The van der Waals surface area contributed by atoms with Crippen LogP contribution in [0, 0.1) is 0 Å². The highest BCUT2D eigenvalue weighted by Gasteiger charge is 1.97. The van der Waals surface area contributed by atoms with Crippen LogP contribution < -0.4 is 0 Å². The van der Waals surface area contributed by atoms with Gasteiger partial charge in [-0.15, -0.1) is 0 Å². The molecule has 0 aliphatic heterocycles. The third-order valence-electron chi connectivity index (χ3n) is 0.237. The summed E-state index contributed by atoms with van der Waals surface area (Å²) in [6.07, 6.45) is -0.561. The Balaban J connectivity index is 3.56. The van der Waals surface area contributed by atoms with Crippen LogP contribution in [0.25, 0.3) is 0 Å². The smallest absolute Gasteiger partial charge is 0.347 e.